The van der Waals surface area contributed by atoms with E-state index >= 15 is 0 Å². The van der Waals surface area contributed by atoms with Crippen molar-refractivity contribution < 1.29 is 14.3 Å². The molecule has 0 radical (unpaired) electrons. The van der Waals surface area contributed by atoms with Gasteiger partial charge in [0.05, 0.1) is 18.8 Å². The van der Waals surface area contributed by atoms with Gasteiger partial charge >= 0.3 is 0 Å². The van der Waals surface area contributed by atoms with E-state index in [1.165, 1.54) is 0 Å². The summed E-state index contributed by atoms with van der Waals surface area (Å²) in [6.07, 6.45) is 3.53. The Kier molecular flexibility index (Phi) is 6.88. The van der Waals surface area contributed by atoms with Gasteiger partial charge in [-0.3, -0.25) is 14.6 Å². The molecule has 1 unspecified atom stereocenters. The van der Waals surface area contributed by atoms with E-state index in [-0.39, 0.29) is 17.9 Å². The van der Waals surface area contributed by atoms with E-state index in [4.69, 9.17) is 4.74 Å². The van der Waals surface area contributed by atoms with Crippen molar-refractivity contribution in [3.05, 3.63) is 89.7 Å². The molecule has 170 valence electrons. The van der Waals surface area contributed by atoms with E-state index in [2.05, 4.69) is 10.3 Å². The normalized spacial score (nSPS) is 15.8. The summed E-state index contributed by atoms with van der Waals surface area (Å²) in [6, 6.07) is 19.0. The molecule has 33 heavy (non-hydrogen) atoms. The maximum Gasteiger partial charge on any atom is 0.254 e. The molecule has 7 nitrogen and oxygen atoms in total. The molecule has 2 amide bonds. The van der Waals surface area contributed by atoms with Crippen molar-refractivity contribution in [3.8, 4) is 5.75 Å². The largest absolute Gasteiger partial charge is 0.495 e. The van der Waals surface area contributed by atoms with Crippen molar-refractivity contribution in [3.63, 3.8) is 0 Å². The Hall–Kier alpha value is -3.87. The predicted molar refractivity (Wildman–Crippen MR) is 127 cm³/mol. The molecule has 1 aliphatic heterocycles. The molecule has 1 aliphatic rings. The number of nitrogens with one attached hydrogen (secondary N) is 1. The highest BCUT2D eigenvalue weighted by Crippen LogP contribution is 2.30. The smallest absolute Gasteiger partial charge is 0.254 e. The summed E-state index contributed by atoms with van der Waals surface area (Å²) < 4.78 is 5.50. The number of amides is 2. The summed E-state index contributed by atoms with van der Waals surface area (Å²) in [4.78, 5) is 33.5. The van der Waals surface area contributed by atoms with Crippen LogP contribution in [0.2, 0.25) is 0 Å². The van der Waals surface area contributed by atoms with Gasteiger partial charge in [-0.1, -0.05) is 36.4 Å². The third-order valence-corrected chi connectivity index (χ3v) is 5.92. The zero-order valence-corrected chi connectivity index (χ0v) is 18.9. The van der Waals surface area contributed by atoms with E-state index in [1.54, 1.807) is 37.4 Å². The Morgan fingerprint density at radius 3 is 2.61 bits per heavy atom. The number of hydrogen-bond acceptors (Lipinski definition) is 5. The summed E-state index contributed by atoms with van der Waals surface area (Å²) in [7, 11) is 1.61. The molecule has 4 rings (SSSR count). The Bertz CT molecular complexity index is 1110. The van der Waals surface area contributed by atoms with Crippen molar-refractivity contribution in [1.29, 1.82) is 0 Å². The SMILES string of the molecule is COc1ccc(C(=O)N2CCN(C(C)=O)CC2c2ccccc2)cc1NCc1cccnc1. The van der Waals surface area contributed by atoms with E-state index < -0.39 is 0 Å². The van der Waals surface area contributed by atoms with E-state index in [1.807, 2.05) is 59.5 Å². The van der Waals surface area contributed by atoms with Crippen LogP contribution in [0.1, 0.15) is 34.5 Å². The fraction of sp³-hybridized carbons (Fsp3) is 0.269. The van der Waals surface area contributed by atoms with Gasteiger partial charge in [-0.15, -0.1) is 0 Å². The Balaban J connectivity index is 1.59. The fourth-order valence-corrected chi connectivity index (χ4v) is 4.12. The van der Waals surface area contributed by atoms with Crippen LogP contribution in [0.4, 0.5) is 5.69 Å². The number of piperazine rings is 1. The highest BCUT2D eigenvalue weighted by Gasteiger charge is 2.33. The number of methoxy groups -OCH3 is 1. The minimum atomic E-state index is -0.203. The molecule has 0 saturated carbocycles. The van der Waals surface area contributed by atoms with Crippen molar-refractivity contribution in [1.82, 2.24) is 14.8 Å². The molecule has 2 aromatic carbocycles. The third-order valence-electron chi connectivity index (χ3n) is 5.92. The summed E-state index contributed by atoms with van der Waals surface area (Å²) in [6.45, 7) is 3.61. The molecule has 1 aromatic heterocycles. The molecule has 1 N–H and O–H groups in total. The van der Waals surface area contributed by atoms with Crippen LogP contribution in [-0.4, -0.2) is 53.3 Å². The van der Waals surface area contributed by atoms with Gasteiger partial charge in [-0.25, -0.2) is 0 Å². The second-order valence-electron chi connectivity index (χ2n) is 8.02. The number of carbonyl (C=O) groups is 2. The topological polar surface area (TPSA) is 74.8 Å². The molecular formula is C26H28N4O3. The first-order valence-electron chi connectivity index (χ1n) is 11.0. The zero-order chi connectivity index (χ0) is 23.2. The lowest BCUT2D eigenvalue weighted by atomic mass is 10.0. The summed E-state index contributed by atoms with van der Waals surface area (Å²) in [5.74, 6) is 0.616. The summed E-state index contributed by atoms with van der Waals surface area (Å²) in [5, 5.41) is 3.35. The summed E-state index contributed by atoms with van der Waals surface area (Å²) >= 11 is 0. The van der Waals surface area contributed by atoms with E-state index in [0.29, 0.717) is 37.5 Å². The first-order valence-corrected chi connectivity index (χ1v) is 11.0. The van der Waals surface area contributed by atoms with E-state index in [0.717, 1.165) is 16.8 Å². The highest BCUT2D eigenvalue weighted by molar-refractivity contribution is 5.96. The van der Waals surface area contributed by atoms with Gasteiger partial charge in [0.15, 0.2) is 0 Å². The monoisotopic (exact) mass is 444 g/mol. The Morgan fingerprint density at radius 1 is 1.09 bits per heavy atom. The fourth-order valence-electron chi connectivity index (χ4n) is 4.12. The maximum absolute atomic E-state index is 13.6. The number of ether oxygens (including phenoxy) is 1. The van der Waals surface area contributed by atoms with Crippen LogP contribution in [-0.2, 0) is 11.3 Å². The lowest BCUT2D eigenvalue weighted by Gasteiger charge is -2.41. The first-order chi connectivity index (χ1) is 16.1. The van der Waals surface area contributed by atoms with Crippen LogP contribution in [0.5, 0.6) is 5.75 Å². The molecule has 1 fully saturated rings. The van der Waals surface area contributed by atoms with Gasteiger partial charge in [-0.2, -0.15) is 0 Å². The first kappa shape index (κ1) is 22.3. The van der Waals surface area contributed by atoms with Gasteiger partial charge in [-0.05, 0) is 35.4 Å². The molecular weight excluding hydrogens is 416 g/mol. The number of anilines is 1. The van der Waals surface area contributed by atoms with Crippen LogP contribution < -0.4 is 10.1 Å². The Labute approximate surface area is 194 Å². The lowest BCUT2D eigenvalue weighted by molar-refractivity contribution is -0.131. The van der Waals surface area contributed by atoms with Crippen LogP contribution in [0.25, 0.3) is 0 Å². The number of nitrogens with zero attached hydrogens (tertiary/aromatic N) is 3. The quantitative estimate of drug-likeness (QED) is 0.627. The number of benzene rings is 2. The van der Waals surface area contributed by atoms with Crippen molar-refractivity contribution in [2.75, 3.05) is 32.1 Å². The van der Waals surface area contributed by atoms with Gasteiger partial charge in [0.2, 0.25) is 5.91 Å². The molecule has 1 saturated heterocycles. The molecule has 0 aliphatic carbocycles. The second-order valence-corrected chi connectivity index (χ2v) is 8.02. The molecule has 0 spiro atoms. The van der Waals surface area contributed by atoms with Gasteiger partial charge in [0.25, 0.3) is 5.91 Å². The average Bonchev–Trinajstić information content (AvgIpc) is 2.87. The minimum absolute atomic E-state index is 0.0226. The number of rotatable bonds is 6. The Morgan fingerprint density at radius 2 is 1.91 bits per heavy atom. The number of pyridine rings is 1. The molecule has 2 heterocycles. The van der Waals surface area contributed by atoms with Crippen molar-refractivity contribution >= 4 is 17.5 Å². The molecule has 0 bridgehead atoms. The van der Waals surface area contributed by atoms with Crippen molar-refractivity contribution in [2.45, 2.75) is 19.5 Å². The standard InChI is InChI=1S/C26H28N4O3/c1-19(31)29-13-14-30(24(18-29)21-8-4-3-5-9-21)26(32)22-10-11-25(33-2)23(15-22)28-17-20-7-6-12-27-16-20/h3-12,15-16,24,28H,13-14,17-18H2,1-2H3. The van der Waals surface area contributed by atoms with Gasteiger partial charge in [0.1, 0.15) is 5.75 Å². The molecule has 7 heteroatoms. The predicted octanol–water partition coefficient (Wildman–Crippen LogP) is 3.75. The average molecular weight is 445 g/mol. The number of carbonyl (C=O) groups excluding carboxylic acids is 2. The van der Waals surface area contributed by atoms with Crippen LogP contribution in [0, 0.1) is 0 Å². The zero-order valence-electron chi connectivity index (χ0n) is 18.9. The molecule has 3 aromatic rings. The van der Waals surface area contributed by atoms with Crippen molar-refractivity contribution in [2.24, 2.45) is 0 Å². The summed E-state index contributed by atoms with van der Waals surface area (Å²) in [5.41, 5.74) is 3.36. The minimum Gasteiger partial charge on any atom is -0.495 e. The van der Waals surface area contributed by atoms with Crippen LogP contribution >= 0.6 is 0 Å². The maximum atomic E-state index is 13.6. The van der Waals surface area contributed by atoms with E-state index in [9.17, 15) is 9.59 Å². The molecule has 1 atom stereocenters. The van der Waals surface area contributed by atoms with Gasteiger partial charge < -0.3 is 19.9 Å². The number of aromatic nitrogens is 1. The van der Waals surface area contributed by atoms with Crippen LogP contribution in [0.3, 0.4) is 0 Å². The third kappa shape index (κ3) is 5.14. The van der Waals surface area contributed by atoms with Gasteiger partial charge in [0, 0.05) is 51.1 Å². The van der Waals surface area contributed by atoms with Crippen LogP contribution in [0.15, 0.2) is 73.1 Å². The number of hydrogen-bond donors (Lipinski definition) is 1. The second kappa shape index (κ2) is 10.2. The lowest BCUT2D eigenvalue weighted by Crippen LogP contribution is -2.51. The highest BCUT2D eigenvalue weighted by atomic mass is 16.5.